The van der Waals surface area contributed by atoms with Crippen LogP contribution in [0.5, 0.6) is 0 Å². The zero-order valence-electron chi connectivity index (χ0n) is 10.6. The SMILES string of the molecule is NCCCOCCOCCOCCOCCN. The van der Waals surface area contributed by atoms with E-state index in [2.05, 4.69) is 0 Å². The molecule has 0 saturated carbocycles. The largest absolute Gasteiger partial charge is 0.379 e. The molecule has 0 amide bonds. The lowest BCUT2D eigenvalue weighted by molar-refractivity contribution is -0.00104. The Morgan fingerprint density at radius 1 is 0.471 bits per heavy atom. The van der Waals surface area contributed by atoms with E-state index in [0.717, 1.165) is 6.42 Å². The Kier molecular flexibility index (Phi) is 15.5. The maximum absolute atomic E-state index is 5.32. The third-order valence-corrected chi connectivity index (χ3v) is 1.87. The second-order valence-electron chi connectivity index (χ2n) is 3.38. The van der Waals surface area contributed by atoms with Crippen molar-refractivity contribution in [3.05, 3.63) is 0 Å². The highest BCUT2D eigenvalue weighted by Crippen LogP contribution is 1.83. The van der Waals surface area contributed by atoms with Gasteiger partial charge in [-0.2, -0.15) is 0 Å². The molecule has 0 heterocycles. The molecule has 6 heteroatoms. The third-order valence-electron chi connectivity index (χ3n) is 1.87. The minimum absolute atomic E-state index is 0.549. The molecule has 0 atom stereocenters. The molecule has 0 rings (SSSR count). The lowest BCUT2D eigenvalue weighted by Gasteiger charge is -2.06. The maximum atomic E-state index is 5.32. The first-order chi connectivity index (χ1) is 8.41. The molecule has 6 nitrogen and oxygen atoms in total. The Morgan fingerprint density at radius 3 is 1.29 bits per heavy atom. The van der Waals surface area contributed by atoms with E-state index >= 15 is 0 Å². The third kappa shape index (κ3) is 15.8. The van der Waals surface area contributed by atoms with Gasteiger partial charge in [0.1, 0.15) is 0 Å². The molecule has 0 unspecified atom stereocenters. The van der Waals surface area contributed by atoms with Crippen molar-refractivity contribution in [3.8, 4) is 0 Å². The lowest BCUT2D eigenvalue weighted by Crippen LogP contribution is -2.14. The molecule has 0 saturated heterocycles. The Morgan fingerprint density at radius 2 is 0.882 bits per heavy atom. The first-order valence-electron chi connectivity index (χ1n) is 6.13. The van der Waals surface area contributed by atoms with Crippen LogP contribution in [-0.4, -0.2) is 65.9 Å². The van der Waals surface area contributed by atoms with Crippen LogP contribution in [-0.2, 0) is 18.9 Å². The van der Waals surface area contributed by atoms with Crippen LogP contribution in [0.3, 0.4) is 0 Å². The van der Waals surface area contributed by atoms with E-state index in [-0.39, 0.29) is 0 Å². The average Bonchev–Trinajstić information content (AvgIpc) is 2.35. The fourth-order valence-corrected chi connectivity index (χ4v) is 1.03. The molecule has 0 spiro atoms. The Hall–Kier alpha value is -0.240. The Bertz CT molecular complexity index is 125. The highest BCUT2D eigenvalue weighted by molar-refractivity contribution is 4.37. The van der Waals surface area contributed by atoms with Gasteiger partial charge in [0.25, 0.3) is 0 Å². The minimum Gasteiger partial charge on any atom is -0.379 e. The summed E-state index contributed by atoms with van der Waals surface area (Å²) < 4.78 is 21.0. The van der Waals surface area contributed by atoms with Crippen molar-refractivity contribution < 1.29 is 18.9 Å². The lowest BCUT2D eigenvalue weighted by atomic mass is 10.5. The number of hydrogen-bond donors (Lipinski definition) is 2. The van der Waals surface area contributed by atoms with E-state index in [1.165, 1.54) is 0 Å². The summed E-state index contributed by atoms with van der Waals surface area (Å²) in [4.78, 5) is 0. The molecule has 0 aromatic heterocycles. The predicted molar refractivity (Wildman–Crippen MR) is 66.0 cm³/mol. The molecule has 17 heavy (non-hydrogen) atoms. The van der Waals surface area contributed by atoms with Crippen molar-refractivity contribution >= 4 is 0 Å². The van der Waals surface area contributed by atoms with Crippen LogP contribution < -0.4 is 11.5 Å². The highest BCUT2D eigenvalue weighted by atomic mass is 16.6. The number of rotatable bonds is 14. The molecule has 0 aliphatic carbocycles. The van der Waals surface area contributed by atoms with Gasteiger partial charge in [0, 0.05) is 13.2 Å². The first kappa shape index (κ1) is 16.8. The zero-order chi connectivity index (χ0) is 12.6. The van der Waals surface area contributed by atoms with Crippen LogP contribution in [0.4, 0.5) is 0 Å². The second kappa shape index (κ2) is 15.8. The van der Waals surface area contributed by atoms with Gasteiger partial charge in [-0.25, -0.2) is 0 Å². The van der Waals surface area contributed by atoms with Crippen LogP contribution in [0.15, 0.2) is 0 Å². The summed E-state index contributed by atoms with van der Waals surface area (Å²) in [5.41, 5.74) is 10.6. The van der Waals surface area contributed by atoms with Crippen LogP contribution in [0.25, 0.3) is 0 Å². The van der Waals surface area contributed by atoms with Gasteiger partial charge < -0.3 is 30.4 Å². The highest BCUT2D eigenvalue weighted by Gasteiger charge is 1.92. The summed E-state index contributed by atoms with van der Waals surface area (Å²) in [5, 5.41) is 0. The molecule has 0 fully saturated rings. The maximum Gasteiger partial charge on any atom is 0.0701 e. The Balaban J connectivity index is 2.85. The van der Waals surface area contributed by atoms with Gasteiger partial charge in [-0.3, -0.25) is 0 Å². The van der Waals surface area contributed by atoms with Crippen LogP contribution >= 0.6 is 0 Å². The van der Waals surface area contributed by atoms with Crippen molar-refractivity contribution in [3.63, 3.8) is 0 Å². The van der Waals surface area contributed by atoms with Gasteiger partial charge in [-0.15, -0.1) is 0 Å². The van der Waals surface area contributed by atoms with Crippen molar-refractivity contribution in [2.24, 2.45) is 11.5 Å². The number of ether oxygens (including phenoxy) is 4. The normalized spacial score (nSPS) is 10.9. The minimum atomic E-state index is 0.549. The number of hydrogen-bond acceptors (Lipinski definition) is 6. The van der Waals surface area contributed by atoms with Crippen LogP contribution in [0.2, 0.25) is 0 Å². The van der Waals surface area contributed by atoms with Crippen LogP contribution in [0.1, 0.15) is 6.42 Å². The second-order valence-corrected chi connectivity index (χ2v) is 3.38. The van der Waals surface area contributed by atoms with E-state index in [4.69, 9.17) is 30.4 Å². The molecule has 0 aliphatic rings. The topological polar surface area (TPSA) is 89.0 Å². The van der Waals surface area contributed by atoms with Crippen molar-refractivity contribution in [1.29, 1.82) is 0 Å². The molecule has 0 aromatic carbocycles. The van der Waals surface area contributed by atoms with Gasteiger partial charge in [0.2, 0.25) is 0 Å². The van der Waals surface area contributed by atoms with Gasteiger partial charge >= 0.3 is 0 Å². The monoisotopic (exact) mass is 250 g/mol. The fourth-order valence-electron chi connectivity index (χ4n) is 1.03. The van der Waals surface area contributed by atoms with Crippen molar-refractivity contribution in [2.45, 2.75) is 6.42 Å². The van der Waals surface area contributed by atoms with Crippen molar-refractivity contribution in [1.82, 2.24) is 0 Å². The molecule has 0 aromatic rings. The zero-order valence-corrected chi connectivity index (χ0v) is 10.6. The predicted octanol–water partition coefficient (Wildman–Crippen LogP) is -0.640. The molecular weight excluding hydrogens is 224 g/mol. The summed E-state index contributed by atoms with van der Waals surface area (Å²) >= 11 is 0. The molecule has 0 bridgehead atoms. The fraction of sp³-hybridized carbons (Fsp3) is 1.00. The van der Waals surface area contributed by atoms with E-state index in [0.29, 0.717) is 65.9 Å². The molecule has 0 aliphatic heterocycles. The van der Waals surface area contributed by atoms with E-state index in [9.17, 15) is 0 Å². The van der Waals surface area contributed by atoms with Gasteiger partial charge in [0.05, 0.1) is 46.2 Å². The summed E-state index contributed by atoms with van der Waals surface area (Å²) in [6.07, 6.45) is 0.895. The molecule has 4 N–H and O–H groups in total. The summed E-state index contributed by atoms with van der Waals surface area (Å²) in [7, 11) is 0. The average molecular weight is 250 g/mol. The van der Waals surface area contributed by atoms with Crippen LogP contribution in [0, 0.1) is 0 Å². The first-order valence-corrected chi connectivity index (χ1v) is 6.13. The van der Waals surface area contributed by atoms with E-state index in [1.807, 2.05) is 0 Å². The van der Waals surface area contributed by atoms with Gasteiger partial charge in [-0.05, 0) is 13.0 Å². The van der Waals surface area contributed by atoms with E-state index in [1.54, 1.807) is 0 Å². The smallest absolute Gasteiger partial charge is 0.0701 e. The summed E-state index contributed by atoms with van der Waals surface area (Å²) in [6.45, 7) is 6.03. The van der Waals surface area contributed by atoms with Gasteiger partial charge in [0.15, 0.2) is 0 Å². The quantitative estimate of drug-likeness (QED) is 0.399. The summed E-state index contributed by atoms with van der Waals surface area (Å²) in [6, 6.07) is 0. The molecule has 0 radical (unpaired) electrons. The van der Waals surface area contributed by atoms with E-state index < -0.39 is 0 Å². The number of nitrogens with two attached hydrogens (primary N) is 2. The standard InChI is InChI=1S/C11H26N2O4/c12-2-1-4-14-6-8-16-10-11-17-9-7-15-5-3-13/h1-13H2. The Labute approximate surface area is 104 Å². The molecule has 104 valence electrons. The van der Waals surface area contributed by atoms with Crippen molar-refractivity contribution in [2.75, 3.05) is 65.9 Å². The molecular formula is C11H26N2O4. The van der Waals surface area contributed by atoms with Gasteiger partial charge in [-0.1, -0.05) is 0 Å². The summed E-state index contributed by atoms with van der Waals surface area (Å²) in [5.74, 6) is 0.